The first kappa shape index (κ1) is 16.2. The van der Waals surface area contributed by atoms with Gasteiger partial charge >= 0.3 is 6.18 Å². The highest BCUT2D eigenvalue weighted by Crippen LogP contribution is 2.36. The van der Waals surface area contributed by atoms with Gasteiger partial charge in [0.25, 0.3) is 0 Å². The van der Waals surface area contributed by atoms with Crippen molar-refractivity contribution in [2.45, 2.75) is 52.3 Å². The summed E-state index contributed by atoms with van der Waals surface area (Å²) in [5, 5.41) is 3.45. The molecule has 4 heteroatoms. The molecule has 0 aromatic heterocycles. The quantitative estimate of drug-likeness (QED) is 0.768. The van der Waals surface area contributed by atoms with Crippen LogP contribution in [0.2, 0.25) is 0 Å². The van der Waals surface area contributed by atoms with Gasteiger partial charge in [0.15, 0.2) is 0 Å². The van der Waals surface area contributed by atoms with Crippen molar-refractivity contribution in [3.05, 3.63) is 29.8 Å². The average molecular weight is 299 g/mol. The number of benzene rings is 1. The normalized spacial score (nSPS) is 26.9. The van der Waals surface area contributed by atoms with Crippen molar-refractivity contribution in [1.29, 1.82) is 0 Å². The van der Waals surface area contributed by atoms with Gasteiger partial charge in [0, 0.05) is 11.7 Å². The van der Waals surface area contributed by atoms with Crippen LogP contribution in [0.1, 0.15) is 45.6 Å². The largest absolute Gasteiger partial charge is 0.416 e. The first-order valence-electron chi connectivity index (χ1n) is 7.71. The maximum absolute atomic E-state index is 12.6. The molecule has 1 N–H and O–H groups in total. The molecule has 3 unspecified atom stereocenters. The van der Waals surface area contributed by atoms with E-state index in [4.69, 9.17) is 0 Å². The third-order valence-corrected chi connectivity index (χ3v) is 4.59. The number of hydrogen-bond donors (Lipinski definition) is 1. The van der Waals surface area contributed by atoms with Crippen molar-refractivity contribution in [2.24, 2.45) is 17.8 Å². The molecule has 1 fully saturated rings. The third kappa shape index (κ3) is 4.14. The van der Waals surface area contributed by atoms with Gasteiger partial charge in [-0.05, 0) is 54.9 Å². The monoisotopic (exact) mass is 299 g/mol. The fourth-order valence-electron chi connectivity index (χ4n) is 3.34. The fourth-order valence-corrected chi connectivity index (χ4v) is 3.34. The predicted molar refractivity (Wildman–Crippen MR) is 80.2 cm³/mol. The van der Waals surface area contributed by atoms with Gasteiger partial charge in [-0.25, -0.2) is 0 Å². The van der Waals surface area contributed by atoms with Crippen molar-refractivity contribution in [3.63, 3.8) is 0 Å². The van der Waals surface area contributed by atoms with E-state index in [9.17, 15) is 13.2 Å². The van der Waals surface area contributed by atoms with Crippen LogP contribution in [0.4, 0.5) is 18.9 Å². The minimum atomic E-state index is -4.27. The number of nitrogens with one attached hydrogen (secondary N) is 1. The minimum Gasteiger partial charge on any atom is -0.382 e. The van der Waals surface area contributed by atoms with E-state index in [1.165, 1.54) is 12.8 Å². The van der Waals surface area contributed by atoms with Crippen LogP contribution in [0.25, 0.3) is 0 Å². The number of rotatable bonds is 3. The Morgan fingerprint density at radius 3 is 2.24 bits per heavy atom. The first-order valence-corrected chi connectivity index (χ1v) is 7.71. The zero-order valence-corrected chi connectivity index (χ0v) is 12.9. The van der Waals surface area contributed by atoms with Crippen molar-refractivity contribution in [3.8, 4) is 0 Å². The maximum atomic E-state index is 12.6. The highest BCUT2D eigenvalue weighted by molar-refractivity contribution is 5.46. The summed E-state index contributed by atoms with van der Waals surface area (Å²) in [5.74, 6) is 1.85. The Bertz CT molecular complexity index is 450. The van der Waals surface area contributed by atoms with E-state index in [1.54, 1.807) is 12.1 Å². The molecule has 0 amide bonds. The molecule has 1 nitrogen and oxygen atoms in total. The lowest BCUT2D eigenvalue weighted by Crippen LogP contribution is -2.37. The van der Waals surface area contributed by atoms with Crippen molar-refractivity contribution < 1.29 is 13.2 Å². The molecule has 0 radical (unpaired) electrons. The molecule has 118 valence electrons. The second-order valence-corrected chi connectivity index (χ2v) is 6.65. The molecule has 1 aromatic carbocycles. The Labute approximate surface area is 124 Å². The van der Waals surface area contributed by atoms with Crippen LogP contribution >= 0.6 is 0 Å². The average Bonchev–Trinajstić information content (AvgIpc) is 2.38. The van der Waals surface area contributed by atoms with E-state index in [0.29, 0.717) is 23.8 Å². The van der Waals surface area contributed by atoms with E-state index in [1.807, 2.05) is 0 Å². The molecule has 0 bridgehead atoms. The van der Waals surface area contributed by atoms with Gasteiger partial charge in [0.05, 0.1) is 5.56 Å². The van der Waals surface area contributed by atoms with E-state index < -0.39 is 11.7 Å². The second kappa shape index (κ2) is 6.29. The summed E-state index contributed by atoms with van der Waals surface area (Å²) in [6.45, 7) is 6.70. The van der Waals surface area contributed by atoms with Gasteiger partial charge in [-0.1, -0.05) is 27.2 Å². The first-order chi connectivity index (χ1) is 9.77. The lowest BCUT2D eigenvalue weighted by molar-refractivity contribution is -0.137. The highest BCUT2D eigenvalue weighted by Gasteiger charge is 2.32. The molecule has 3 atom stereocenters. The van der Waals surface area contributed by atoms with E-state index in [-0.39, 0.29) is 0 Å². The van der Waals surface area contributed by atoms with Gasteiger partial charge in [-0.2, -0.15) is 13.2 Å². The molecule has 2 rings (SSSR count). The summed E-state index contributed by atoms with van der Waals surface area (Å²) < 4.78 is 37.7. The van der Waals surface area contributed by atoms with Crippen LogP contribution in [-0.2, 0) is 6.18 Å². The highest BCUT2D eigenvalue weighted by atomic mass is 19.4. The summed E-state index contributed by atoms with van der Waals surface area (Å²) >= 11 is 0. The molecular formula is C17H24F3N. The number of halogens is 3. The van der Waals surface area contributed by atoms with Crippen LogP contribution in [-0.4, -0.2) is 6.04 Å². The Kier molecular flexibility index (Phi) is 4.84. The summed E-state index contributed by atoms with van der Waals surface area (Å²) in [5.41, 5.74) is 0.193. The van der Waals surface area contributed by atoms with Gasteiger partial charge in [-0.15, -0.1) is 0 Å². The van der Waals surface area contributed by atoms with Crippen LogP contribution in [0.3, 0.4) is 0 Å². The summed E-state index contributed by atoms with van der Waals surface area (Å²) in [6.07, 6.45) is -0.743. The van der Waals surface area contributed by atoms with Gasteiger partial charge < -0.3 is 5.32 Å². The van der Waals surface area contributed by atoms with Gasteiger partial charge in [-0.3, -0.25) is 0 Å². The Balaban J connectivity index is 2.08. The minimum absolute atomic E-state index is 0.352. The standard InChI is InChI=1S/C17H24F3N/c1-11(2)15-9-4-12(3)10-16(15)21-14-7-5-13(6-8-14)17(18,19)20/h5-8,11-12,15-16,21H,4,9-10H2,1-3H3. The second-order valence-electron chi connectivity index (χ2n) is 6.65. The molecule has 0 heterocycles. The maximum Gasteiger partial charge on any atom is 0.416 e. The molecular weight excluding hydrogens is 275 g/mol. The zero-order chi connectivity index (χ0) is 15.6. The summed E-state index contributed by atoms with van der Waals surface area (Å²) in [7, 11) is 0. The Morgan fingerprint density at radius 1 is 1.10 bits per heavy atom. The topological polar surface area (TPSA) is 12.0 Å². The van der Waals surface area contributed by atoms with E-state index in [2.05, 4.69) is 26.1 Å². The van der Waals surface area contributed by atoms with Crippen molar-refractivity contribution in [2.75, 3.05) is 5.32 Å². The van der Waals surface area contributed by atoms with Crippen LogP contribution in [0, 0.1) is 17.8 Å². The fraction of sp³-hybridized carbons (Fsp3) is 0.647. The summed E-state index contributed by atoms with van der Waals surface area (Å²) in [4.78, 5) is 0. The molecule has 1 aliphatic rings. The van der Waals surface area contributed by atoms with Crippen LogP contribution in [0.15, 0.2) is 24.3 Å². The smallest absolute Gasteiger partial charge is 0.382 e. The molecule has 0 spiro atoms. The Hall–Kier alpha value is -1.19. The SMILES string of the molecule is CC1CCC(C(C)C)C(Nc2ccc(C(F)(F)F)cc2)C1. The Morgan fingerprint density at radius 2 is 1.71 bits per heavy atom. The predicted octanol–water partition coefficient (Wildman–Crippen LogP) is 5.58. The lowest BCUT2D eigenvalue weighted by atomic mass is 9.74. The molecule has 21 heavy (non-hydrogen) atoms. The zero-order valence-electron chi connectivity index (χ0n) is 12.9. The van der Waals surface area contributed by atoms with E-state index in [0.717, 1.165) is 24.2 Å². The van der Waals surface area contributed by atoms with Crippen molar-refractivity contribution >= 4 is 5.69 Å². The molecule has 0 aliphatic heterocycles. The number of anilines is 1. The molecule has 1 aromatic rings. The number of alkyl halides is 3. The molecule has 1 saturated carbocycles. The number of hydrogen-bond acceptors (Lipinski definition) is 1. The van der Waals surface area contributed by atoms with Gasteiger partial charge in [0.1, 0.15) is 0 Å². The summed E-state index contributed by atoms with van der Waals surface area (Å²) in [6, 6.07) is 5.74. The molecule has 1 aliphatic carbocycles. The van der Waals surface area contributed by atoms with Crippen LogP contribution < -0.4 is 5.32 Å². The van der Waals surface area contributed by atoms with E-state index >= 15 is 0 Å². The third-order valence-electron chi connectivity index (χ3n) is 4.59. The van der Waals surface area contributed by atoms with Crippen molar-refractivity contribution in [1.82, 2.24) is 0 Å². The lowest BCUT2D eigenvalue weighted by Gasteiger charge is -2.38. The van der Waals surface area contributed by atoms with Gasteiger partial charge in [0.2, 0.25) is 0 Å². The van der Waals surface area contributed by atoms with Crippen LogP contribution in [0.5, 0.6) is 0 Å². The molecule has 0 saturated heterocycles.